The van der Waals surface area contributed by atoms with Crippen molar-refractivity contribution in [1.29, 1.82) is 0 Å². The van der Waals surface area contributed by atoms with Gasteiger partial charge in [-0.3, -0.25) is 0 Å². The molecule has 0 amide bonds. The van der Waals surface area contributed by atoms with Gasteiger partial charge in [-0.1, -0.05) is 170 Å². The zero-order valence-corrected chi connectivity index (χ0v) is 59.1. The number of carbonyl (C=O) groups excluding carboxylic acids is 2. The van der Waals surface area contributed by atoms with Crippen molar-refractivity contribution in [3.63, 3.8) is 0 Å². The van der Waals surface area contributed by atoms with Crippen LogP contribution in [0.1, 0.15) is 128 Å². The van der Waals surface area contributed by atoms with Crippen LogP contribution < -0.4 is 9.80 Å². The number of nitrogens with zero attached hydrogens (tertiary/aromatic N) is 4. The summed E-state index contributed by atoms with van der Waals surface area (Å²) in [6.07, 6.45) is 6.39. The Hall–Kier alpha value is -8.70. The van der Waals surface area contributed by atoms with E-state index in [2.05, 4.69) is 265 Å². The Bertz CT molecular complexity index is 4400. The fourth-order valence-corrected chi connectivity index (χ4v) is 12.4. The molecule has 0 bridgehead atoms. The van der Waals surface area contributed by atoms with Crippen molar-refractivity contribution in [1.82, 2.24) is 9.13 Å². The number of rotatable bonds is 14. The molecule has 0 N–H and O–H groups in total. The minimum absolute atomic E-state index is 0.364. The van der Waals surface area contributed by atoms with Crippen LogP contribution in [0.15, 0.2) is 227 Å². The topological polar surface area (TPSA) is 68.9 Å². The number of hydrogen-bond acceptors (Lipinski definition) is 6. The molecule has 2 aromatic heterocycles. The van der Waals surface area contributed by atoms with Gasteiger partial charge in [0.2, 0.25) is 0 Å². The van der Waals surface area contributed by atoms with Crippen molar-refractivity contribution >= 4 is 122 Å². The van der Waals surface area contributed by atoms with Crippen molar-refractivity contribution < 1.29 is 19.1 Å². The quantitative estimate of drug-likeness (QED) is 0.108. The summed E-state index contributed by atoms with van der Waals surface area (Å²) in [6, 6.07) is 77.7. The smallest absolute Gasteiger partial charge is 0.419 e. The molecule has 0 fully saturated rings. The van der Waals surface area contributed by atoms with Gasteiger partial charge in [-0.25, -0.2) is 18.7 Å². The molecule has 0 unspecified atom stereocenters. The maximum absolute atomic E-state index is 14.0. The van der Waals surface area contributed by atoms with Crippen molar-refractivity contribution in [3.05, 3.63) is 272 Å². The number of fused-ring (bicyclic) bond motifs is 6. The van der Waals surface area contributed by atoms with Gasteiger partial charge in [0, 0.05) is 64.6 Å². The number of aryl methyl sites for hydroxylation is 6. The van der Waals surface area contributed by atoms with Crippen LogP contribution in [0.5, 0.6) is 0 Å². The van der Waals surface area contributed by atoms with Crippen LogP contribution in [0.25, 0.3) is 43.6 Å². The van der Waals surface area contributed by atoms with Crippen LogP contribution in [0.2, 0.25) is 0 Å². The van der Waals surface area contributed by atoms with Gasteiger partial charge < -0.3 is 19.3 Å². The lowest BCUT2D eigenvalue weighted by molar-refractivity contribution is 0.0540. The molecule has 2 heterocycles. The second kappa shape index (κ2) is 29.5. The summed E-state index contributed by atoms with van der Waals surface area (Å²) in [6.45, 7) is 24.4. The van der Waals surface area contributed by atoms with Gasteiger partial charge in [-0.05, 0) is 252 Å². The van der Waals surface area contributed by atoms with E-state index in [1.54, 1.807) is 9.13 Å². The maximum atomic E-state index is 14.0. The molecule has 0 aliphatic heterocycles. The molecule has 0 aliphatic rings. The number of aromatic nitrogens is 2. The molecule has 10 aromatic carbocycles. The summed E-state index contributed by atoms with van der Waals surface area (Å²) < 4.78 is 16.9. The van der Waals surface area contributed by atoms with Crippen molar-refractivity contribution in [2.24, 2.45) is 0 Å². The largest absolute Gasteiger partial charge is 0.443 e. The number of ether oxygens (including phenoxy) is 2. The molecule has 0 atom stereocenters. The van der Waals surface area contributed by atoms with Gasteiger partial charge in [0.15, 0.2) is 0 Å². The van der Waals surface area contributed by atoms with E-state index in [0.29, 0.717) is 0 Å². The van der Waals surface area contributed by atoms with Crippen LogP contribution in [0.3, 0.4) is 0 Å². The number of halogens is 2. The normalized spacial score (nSPS) is 11.5. The van der Waals surface area contributed by atoms with Crippen LogP contribution in [-0.2, 0) is 54.4 Å². The fourth-order valence-electron chi connectivity index (χ4n) is 11.7. The highest BCUT2D eigenvalue weighted by atomic mass is 79.9. The highest BCUT2D eigenvalue weighted by molar-refractivity contribution is 9.10. The van der Waals surface area contributed by atoms with E-state index >= 15 is 0 Å². The first-order valence-electron chi connectivity index (χ1n) is 32.7. The minimum Gasteiger partial charge on any atom is -0.443 e. The maximum Gasteiger partial charge on any atom is 0.419 e. The number of hydrogen-bond donors (Lipinski definition) is 0. The average molecular weight is 1360 g/mol. The predicted octanol–water partition coefficient (Wildman–Crippen LogP) is 24.3. The fraction of sp³-hybridized carbons (Fsp3) is 0.253. The number of anilines is 6. The predicted molar refractivity (Wildman–Crippen MR) is 399 cm³/mol. The highest BCUT2D eigenvalue weighted by Gasteiger charge is 2.26. The first-order valence-corrected chi connectivity index (χ1v) is 34.3. The zero-order chi connectivity index (χ0) is 66.1. The van der Waals surface area contributed by atoms with E-state index in [-0.39, 0.29) is 6.09 Å². The lowest BCUT2D eigenvalue weighted by Crippen LogP contribution is -2.27. The summed E-state index contributed by atoms with van der Waals surface area (Å²) in [5.74, 6) is 0. The Balaban J connectivity index is 0.000000196. The summed E-state index contributed by atoms with van der Waals surface area (Å²) in [4.78, 5) is 31.3. The Kier molecular flexibility index (Phi) is 21.3. The van der Waals surface area contributed by atoms with Gasteiger partial charge in [-0.15, -0.1) is 0 Å². The van der Waals surface area contributed by atoms with E-state index < -0.39 is 17.3 Å². The summed E-state index contributed by atoms with van der Waals surface area (Å²) in [7, 11) is 0. The third-order valence-electron chi connectivity index (χ3n) is 16.7. The Labute approximate surface area is 567 Å². The van der Waals surface area contributed by atoms with Crippen molar-refractivity contribution in [3.8, 4) is 0 Å². The van der Waals surface area contributed by atoms with Crippen LogP contribution in [0.4, 0.5) is 43.7 Å². The molecular weight excluding hydrogens is 1280 g/mol. The van der Waals surface area contributed by atoms with Gasteiger partial charge in [0.25, 0.3) is 0 Å². The molecule has 476 valence electrons. The standard InChI is InChI=1S/C49H51N3O2.C17H15Br2NO2.C17H20/c1-8-34-15-21-38(22-16-34)50(39-23-17-35(9-2)18-24-39)42-27-29-46-44(32-42)45-33-43(28-30-47(45)52(46)48(53)54-49(5,6)7)51(40-25-19-36(10-3)20-26-40)41-14-12-13-37(11-4)31-41;1-17(2,3)22-16(21)20-14-6-4-10(18)8-12(14)13-9-11(19)5-7-15(13)20;1-3-14-5-9-16(10-6-14)13-17-11-7-15(4-2)8-12-17/h12-33H,8-11H2,1-7H3;4-9H,1-3H3;5-12H,3-4,13H2,1-2H3. The molecular formula is C83H86Br2N4O4. The SMILES string of the molecule is CC(C)(C)OC(=O)n1c2ccc(Br)cc2c2cc(Br)ccc21.CCc1ccc(Cc2ccc(CC)cc2)cc1.CCc1ccc(N(c2ccc(CC)cc2)c2ccc3c(c2)c2cc(N(c4ccc(CC)cc4)c4cccc(CC)c4)ccc2n3C(=O)OC(C)(C)C)cc1. The summed E-state index contributed by atoms with van der Waals surface area (Å²) in [5.41, 5.74) is 19.2. The molecule has 0 saturated heterocycles. The summed E-state index contributed by atoms with van der Waals surface area (Å²) >= 11 is 6.99. The highest BCUT2D eigenvalue weighted by Crippen LogP contribution is 2.43. The lowest BCUT2D eigenvalue weighted by Gasteiger charge is -2.26. The Morgan fingerprint density at radius 1 is 0.323 bits per heavy atom. The van der Waals surface area contributed by atoms with Crippen LogP contribution >= 0.6 is 31.9 Å². The third kappa shape index (κ3) is 16.0. The van der Waals surface area contributed by atoms with Gasteiger partial charge >= 0.3 is 12.2 Å². The second-order valence-electron chi connectivity index (χ2n) is 25.6. The molecule has 8 nitrogen and oxygen atoms in total. The Morgan fingerprint density at radius 3 is 0.914 bits per heavy atom. The molecule has 10 heteroatoms. The summed E-state index contributed by atoms with van der Waals surface area (Å²) in [5, 5.41) is 3.96. The number of carbonyl (C=O) groups is 2. The zero-order valence-electron chi connectivity index (χ0n) is 55.9. The molecule has 0 radical (unpaired) electrons. The van der Waals surface area contributed by atoms with E-state index in [1.165, 1.54) is 44.5 Å². The third-order valence-corrected chi connectivity index (χ3v) is 17.7. The van der Waals surface area contributed by atoms with E-state index in [0.717, 1.165) is 132 Å². The molecule has 12 aromatic rings. The molecule has 0 spiro atoms. The van der Waals surface area contributed by atoms with Gasteiger partial charge in [-0.2, -0.15) is 0 Å². The molecule has 0 saturated carbocycles. The van der Waals surface area contributed by atoms with E-state index in [1.807, 2.05) is 77.9 Å². The Morgan fingerprint density at radius 2 is 0.591 bits per heavy atom. The first-order chi connectivity index (χ1) is 44.7. The monoisotopic (exact) mass is 1360 g/mol. The van der Waals surface area contributed by atoms with Crippen LogP contribution in [-0.4, -0.2) is 32.5 Å². The average Bonchev–Trinajstić information content (AvgIpc) is 1.61. The van der Waals surface area contributed by atoms with E-state index in [4.69, 9.17) is 9.47 Å². The van der Waals surface area contributed by atoms with Gasteiger partial charge in [0.1, 0.15) is 11.2 Å². The molecule has 93 heavy (non-hydrogen) atoms. The van der Waals surface area contributed by atoms with Crippen LogP contribution in [0, 0.1) is 0 Å². The first kappa shape index (κ1) is 67.2. The van der Waals surface area contributed by atoms with Crippen molar-refractivity contribution in [2.45, 2.75) is 139 Å². The minimum atomic E-state index is -0.655. The van der Waals surface area contributed by atoms with Gasteiger partial charge in [0.05, 0.1) is 22.1 Å². The molecule has 12 rings (SSSR count). The second-order valence-corrected chi connectivity index (χ2v) is 27.5. The lowest BCUT2D eigenvalue weighted by atomic mass is 10.0. The molecule has 0 aliphatic carbocycles. The van der Waals surface area contributed by atoms with E-state index in [9.17, 15) is 9.59 Å². The van der Waals surface area contributed by atoms with Crippen molar-refractivity contribution in [2.75, 3.05) is 9.80 Å². The number of benzene rings is 10.